The van der Waals surface area contributed by atoms with Crippen molar-refractivity contribution in [2.45, 2.75) is 0 Å². The lowest BCUT2D eigenvalue weighted by atomic mass is 9.98. The maximum atomic E-state index is 6.10. The van der Waals surface area contributed by atoms with Gasteiger partial charge >= 0.3 is 0 Å². The van der Waals surface area contributed by atoms with Gasteiger partial charge in [0.15, 0.2) is 0 Å². The Morgan fingerprint density at radius 3 is 1.11 bits per heavy atom. The normalized spacial score (nSPS) is 11.2. The van der Waals surface area contributed by atoms with Crippen LogP contribution in [0.4, 0.5) is 17.1 Å². The van der Waals surface area contributed by atoms with E-state index < -0.39 is 0 Å². The lowest BCUT2D eigenvalue weighted by molar-refractivity contribution is 0.669. The Bertz CT molecular complexity index is 3290. The topological polar surface area (TPSA) is 16.4 Å². The molecule has 0 bridgehead atoms. The Morgan fingerprint density at radius 2 is 0.565 bits per heavy atom. The van der Waals surface area contributed by atoms with E-state index in [1.807, 2.05) is 12.1 Å². The average molecular weight is 792 g/mol. The predicted molar refractivity (Wildman–Crippen MR) is 261 cm³/mol. The van der Waals surface area contributed by atoms with Crippen LogP contribution in [0.25, 0.3) is 88.7 Å². The van der Waals surface area contributed by atoms with Crippen molar-refractivity contribution >= 4 is 39.0 Å². The van der Waals surface area contributed by atoms with E-state index in [0.29, 0.717) is 0 Å². The highest BCUT2D eigenvalue weighted by Crippen LogP contribution is 2.40. The van der Waals surface area contributed by atoms with Crippen LogP contribution in [0, 0.1) is 0 Å². The molecular weight excluding hydrogens is 751 g/mol. The van der Waals surface area contributed by atoms with Gasteiger partial charge in [0.1, 0.15) is 11.2 Å². The zero-order valence-corrected chi connectivity index (χ0v) is 34.0. The minimum atomic E-state index is 0.909. The molecule has 0 aliphatic heterocycles. The van der Waals surface area contributed by atoms with Crippen LogP contribution in [-0.4, -0.2) is 0 Å². The molecule has 0 amide bonds. The number of para-hydroxylation sites is 1. The summed E-state index contributed by atoms with van der Waals surface area (Å²) >= 11 is 0. The molecule has 11 rings (SSSR count). The monoisotopic (exact) mass is 791 g/mol. The van der Waals surface area contributed by atoms with Crippen LogP contribution in [0.1, 0.15) is 0 Å². The summed E-state index contributed by atoms with van der Waals surface area (Å²) in [6.45, 7) is 0. The first-order valence-corrected chi connectivity index (χ1v) is 21.1. The highest BCUT2D eigenvalue weighted by molar-refractivity contribution is 6.06. The van der Waals surface area contributed by atoms with Crippen LogP contribution in [-0.2, 0) is 0 Å². The van der Waals surface area contributed by atoms with Gasteiger partial charge in [0, 0.05) is 27.8 Å². The van der Waals surface area contributed by atoms with Crippen LogP contribution in [0.5, 0.6) is 0 Å². The van der Waals surface area contributed by atoms with Crippen molar-refractivity contribution in [3.8, 4) is 66.8 Å². The number of furan rings is 1. The van der Waals surface area contributed by atoms with E-state index in [1.54, 1.807) is 0 Å². The van der Waals surface area contributed by atoms with Gasteiger partial charge in [-0.05, 0) is 127 Å². The predicted octanol–water partition coefficient (Wildman–Crippen LogP) is 17.1. The maximum absolute atomic E-state index is 6.10. The molecule has 1 aromatic heterocycles. The van der Waals surface area contributed by atoms with Crippen LogP contribution in [0.15, 0.2) is 253 Å². The van der Waals surface area contributed by atoms with Gasteiger partial charge in [-0.15, -0.1) is 0 Å². The zero-order chi connectivity index (χ0) is 41.2. The van der Waals surface area contributed by atoms with Gasteiger partial charge in [-0.1, -0.05) is 188 Å². The Hall–Kier alpha value is -8.20. The zero-order valence-electron chi connectivity index (χ0n) is 34.0. The first-order chi connectivity index (χ1) is 30.7. The van der Waals surface area contributed by atoms with Crippen LogP contribution in [0.3, 0.4) is 0 Å². The highest BCUT2D eigenvalue weighted by Gasteiger charge is 2.16. The number of rotatable bonds is 9. The van der Waals surface area contributed by atoms with E-state index in [9.17, 15) is 0 Å². The summed E-state index contributed by atoms with van der Waals surface area (Å²) < 4.78 is 6.10. The summed E-state index contributed by atoms with van der Waals surface area (Å²) in [4.78, 5) is 2.36. The SMILES string of the molecule is c1ccc(-c2ccc(-c3ccc(N(c4ccc(-c5cccc(-c6ccccc6)c5)cc4)c4cccc(-c5ccc(-c6ccc7oc8ccccc8c7c6)cc5)c4)cc3)cc2)cc1. The van der Waals surface area contributed by atoms with E-state index in [4.69, 9.17) is 4.42 Å². The van der Waals surface area contributed by atoms with E-state index >= 15 is 0 Å². The molecule has 292 valence electrons. The Balaban J connectivity index is 0.926. The standard InChI is InChI=1S/C60H41NO/c1-3-11-42(12-4-1)44-21-23-45(24-22-44)46-29-34-54(35-30-46)61(55-36-31-49(32-37-55)51-16-9-15-50(39-51)43-13-5-2-6-14-43)56-18-10-17-52(40-56)47-25-27-48(28-26-47)53-33-38-60-58(41-53)57-19-7-8-20-59(57)62-60/h1-41H. The summed E-state index contributed by atoms with van der Waals surface area (Å²) in [5, 5.41) is 2.28. The molecular formula is C60H41NO. The largest absolute Gasteiger partial charge is 0.456 e. The Morgan fingerprint density at radius 1 is 0.210 bits per heavy atom. The maximum Gasteiger partial charge on any atom is 0.135 e. The number of fused-ring (bicyclic) bond motifs is 3. The number of benzene rings is 10. The lowest BCUT2D eigenvalue weighted by Gasteiger charge is -2.26. The first-order valence-electron chi connectivity index (χ1n) is 21.1. The van der Waals surface area contributed by atoms with Crippen molar-refractivity contribution < 1.29 is 4.42 Å². The van der Waals surface area contributed by atoms with Gasteiger partial charge in [0.25, 0.3) is 0 Å². The summed E-state index contributed by atoms with van der Waals surface area (Å²) in [5.74, 6) is 0. The molecule has 2 nitrogen and oxygen atoms in total. The van der Waals surface area contributed by atoms with Crippen molar-refractivity contribution in [2.75, 3.05) is 4.90 Å². The van der Waals surface area contributed by atoms with Crippen LogP contribution < -0.4 is 4.90 Å². The molecule has 10 aromatic carbocycles. The number of hydrogen-bond donors (Lipinski definition) is 0. The molecule has 0 spiro atoms. The van der Waals surface area contributed by atoms with E-state index in [0.717, 1.165) is 50.1 Å². The van der Waals surface area contributed by atoms with Gasteiger partial charge in [0.2, 0.25) is 0 Å². The summed E-state index contributed by atoms with van der Waals surface area (Å²) in [6, 6.07) is 89.1. The van der Waals surface area contributed by atoms with Crippen molar-refractivity contribution in [3.05, 3.63) is 249 Å². The second kappa shape index (κ2) is 16.1. The first kappa shape index (κ1) is 36.8. The van der Waals surface area contributed by atoms with Gasteiger partial charge in [0.05, 0.1) is 0 Å². The molecule has 0 fully saturated rings. The Kier molecular flexibility index (Phi) is 9.57. The Labute approximate surface area is 362 Å². The number of anilines is 3. The summed E-state index contributed by atoms with van der Waals surface area (Å²) in [5.41, 5.74) is 19.3. The third kappa shape index (κ3) is 7.25. The minimum absolute atomic E-state index is 0.909. The molecule has 0 aliphatic rings. The minimum Gasteiger partial charge on any atom is -0.456 e. The van der Waals surface area contributed by atoms with Gasteiger partial charge in [-0.25, -0.2) is 0 Å². The van der Waals surface area contributed by atoms with Gasteiger partial charge in [-0.2, -0.15) is 0 Å². The molecule has 0 saturated heterocycles. The average Bonchev–Trinajstić information content (AvgIpc) is 3.73. The second-order valence-corrected chi connectivity index (χ2v) is 15.8. The van der Waals surface area contributed by atoms with Crippen molar-refractivity contribution in [1.82, 2.24) is 0 Å². The third-order valence-corrected chi connectivity index (χ3v) is 11.9. The third-order valence-electron chi connectivity index (χ3n) is 11.9. The fourth-order valence-corrected chi connectivity index (χ4v) is 8.63. The second-order valence-electron chi connectivity index (χ2n) is 15.8. The summed E-state index contributed by atoms with van der Waals surface area (Å²) in [7, 11) is 0. The number of nitrogens with zero attached hydrogens (tertiary/aromatic N) is 1. The molecule has 62 heavy (non-hydrogen) atoms. The van der Waals surface area contributed by atoms with Crippen LogP contribution in [0.2, 0.25) is 0 Å². The van der Waals surface area contributed by atoms with E-state index in [-0.39, 0.29) is 0 Å². The molecule has 11 aromatic rings. The van der Waals surface area contributed by atoms with Gasteiger partial charge in [-0.3, -0.25) is 0 Å². The quantitative estimate of drug-likeness (QED) is 0.145. The molecule has 0 radical (unpaired) electrons. The van der Waals surface area contributed by atoms with Crippen molar-refractivity contribution in [3.63, 3.8) is 0 Å². The fraction of sp³-hybridized carbons (Fsp3) is 0. The highest BCUT2D eigenvalue weighted by atomic mass is 16.3. The molecule has 0 atom stereocenters. The molecule has 0 N–H and O–H groups in total. The molecule has 0 saturated carbocycles. The fourth-order valence-electron chi connectivity index (χ4n) is 8.63. The van der Waals surface area contributed by atoms with Crippen molar-refractivity contribution in [2.24, 2.45) is 0 Å². The van der Waals surface area contributed by atoms with Crippen LogP contribution >= 0.6 is 0 Å². The molecule has 1 heterocycles. The molecule has 2 heteroatoms. The lowest BCUT2D eigenvalue weighted by Crippen LogP contribution is -2.10. The smallest absolute Gasteiger partial charge is 0.135 e. The number of hydrogen-bond acceptors (Lipinski definition) is 2. The summed E-state index contributed by atoms with van der Waals surface area (Å²) in [6.07, 6.45) is 0. The van der Waals surface area contributed by atoms with Gasteiger partial charge < -0.3 is 9.32 Å². The molecule has 0 unspecified atom stereocenters. The molecule has 0 aliphatic carbocycles. The van der Waals surface area contributed by atoms with E-state index in [2.05, 4.69) is 241 Å². The van der Waals surface area contributed by atoms with Crippen molar-refractivity contribution in [1.29, 1.82) is 0 Å². The van der Waals surface area contributed by atoms with E-state index in [1.165, 1.54) is 55.6 Å².